The Balaban J connectivity index is 1.43. The molecule has 3 aliphatic rings. The van der Waals surface area contributed by atoms with E-state index in [0.717, 1.165) is 19.1 Å². The molecule has 2 N–H and O–H groups in total. The molecule has 0 radical (unpaired) electrons. The predicted octanol–water partition coefficient (Wildman–Crippen LogP) is 4.96. The third-order valence-corrected chi connectivity index (χ3v) is 12.9. The van der Waals surface area contributed by atoms with Crippen LogP contribution in [0.4, 0.5) is 10.5 Å². The van der Waals surface area contributed by atoms with Crippen LogP contribution in [-0.4, -0.2) is 111 Å². The molecule has 0 aliphatic carbocycles. The minimum atomic E-state index is -2.20. The number of nitrogens with zero attached hydrogens (tertiary/aromatic N) is 3. The summed E-state index contributed by atoms with van der Waals surface area (Å²) in [4.78, 5) is 94.6. The zero-order valence-electron chi connectivity index (χ0n) is 39.2. The normalized spacial score (nSPS) is 21.1. The average Bonchev–Trinajstić information content (AvgIpc) is 3.86. The molecule has 0 saturated carbocycles. The number of morpholine rings is 1. The van der Waals surface area contributed by atoms with Crippen LogP contribution < -0.4 is 15.0 Å². The van der Waals surface area contributed by atoms with Gasteiger partial charge >= 0.3 is 24.0 Å². The summed E-state index contributed by atoms with van der Waals surface area (Å²) >= 11 is 0. The number of carbonyl (C=O) groups is 6. The maximum atomic E-state index is 16.5. The van der Waals surface area contributed by atoms with Crippen LogP contribution >= 0.6 is 0 Å². The van der Waals surface area contributed by atoms with Crippen molar-refractivity contribution < 1.29 is 62.3 Å². The number of aliphatic hydroxyl groups is 1. The van der Waals surface area contributed by atoms with E-state index in [2.05, 4.69) is 22.1 Å². The zero-order chi connectivity index (χ0) is 50.1. The Hall–Kier alpha value is -7.91. The fraction of sp³-hybridized carbons (Fsp3) is 0.315. The molecule has 8 rings (SSSR count). The van der Waals surface area contributed by atoms with Crippen LogP contribution in [0.25, 0.3) is 0 Å². The van der Waals surface area contributed by atoms with Gasteiger partial charge in [-0.3, -0.25) is 33.9 Å². The number of cyclic esters (lactones) is 1. The standard InChI is InChI=1S/C54H52N4O13/c1-66-31-32-70-53(65)57-41-25-24-34(15-14-22-39(49(61)67-2)50(62)68-3)33-40(41)54(52(57)64)43(48(60)56-28-26-37-20-12-13-27-55-37)45-51(63)71-46(36-18-8-5-9-19-36)44(35-16-6-4-7-17-35)58(45)47(54)38-21-10-11-23-42(38)69-30-29-59/h4-13,16-21,23-25,27,33,39,43-47,59H,22,26,28-32H2,1-3H3,(H,56,60). The third-order valence-electron chi connectivity index (χ3n) is 12.9. The number of methoxy groups -OCH3 is 3. The number of esters is 3. The van der Waals surface area contributed by atoms with E-state index in [1.165, 1.54) is 13.2 Å². The first-order chi connectivity index (χ1) is 34.6. The molecule has 1 spiro atoms. The van der Waals surface area contributed by atoms with Gasteiger partial charge in [-0.1, -0.05) is 96.8 Å². The number of carbonyl (C=O) groups excluding carboxylic acids is 6. The summed E-state index contributed by atoms with van der Waals surface area (Å²) in [5, 5.41) is 13.1. The maximum absolute atomic E-state index is 16.5. The van der Waals surface area contributed by atoms with Crippen molar-refractivity contribution in [1.29, 1.82) is 0 Å². The monoisotopic (exact) mass is 964 g/mol. The Morgan fingerprint density at radius 3 is 2.18 bits per heavy atom. The van der Waals surface area contributed by atoms with Gasteiger partial charge in [0.1, 0.15) is 36.5 Å². The quantitative estimate of drug-likeness (QED) is 0.0440. The van der Waals surface area contributed by atoms with Crippen molar-refractivity contribution in [2.75, 3.05) is 59.2 Å². The minimum Gasteiger partial charge on any atom is -0.491 e. The van der Waals surface area contributed by atoms with E-state index in [4.69, 9.17) is 28.4 Å². The van der Waals surface area contributed by atoms with Crippen molar-refractivity contribution >= 4 is 41.5 Å². The van der Waals surface area contributed by atoms with Crippen molar-refractivity contribution in [3.8, 4) is 17.6 Å². The molecule has 6 unspecified atom stereocenters. The van der Waals surface area contributed by atoms with Crippen molar-refractivity contribution in [2.24, 2.45) is 11.8 Å². The highest BCUT2D eigenvalue weighted by atomic mass is 16.6. The topological polar surface area (TPSA) is 209 Å². The number of fused-ring (bicyclic) bond motifs is 3. The van der Waals surface area contributed by atoms with E-state index in [1.807, 2.05) is 77.7 Å². The molecule has 366 valence electrons. The van der Waals surface area contributed by atoms with E-state index >= 15 is 14.4 Å². The Bertz CT molecular complexity index is 2800. The molecule has 71 heavy (non-hydrogen) atoms. The second kappa shape index (κ2) is 22.2. The molecule has 5 aromatic rings. The number of imide groups is 1. The average molecular weight is 965 g/mol. The van der Waals surface area contributed by atoms with E-state index in [-0.39, 0.29) is 68.4 Å². The second-order valence-corrected chi connectivity index (χ2v) is 16.8. The SMILES string of the molecule is COCCOC(=O)N1C(=O)C2(c3cc(C#CCC(C(=O)OC)C(=O)OC)ccc31)C(C(=O)NCCc1ccccn1)C1C(=O)OC(c3ccccc3)C(c3ccccc3)N1C2c1ccccc1OCCO. The Morgan fingerprint density at radius 1 is 0.817 bits per heavy atom. The Morgan fingerprint density at radius 2 is 1.51 bits per heavy atom. The highest BCUT2D eigenvalue weighted by Gasteiger charge is 2.76. The third kappa shape index (κ3) is 9.57. The summed E-state index contributed by atoms with van der Waals surface area (Å²) < 4.78 is 33.3. The molecular weight excluding hydrogens is 913 g/mol. The van der Waals surface area contributed by atoms with Gasteiger partial charge in [0, 0.05) is 49.5 Å². The van der Waals surface area contributed by atoms with E-state index in [0.29, 0.717) is 22.4 Å². The number of aromatic nitrogens is 1. The number of para-hydroxylation sites is 1. The summed E-state index contributed by atoms with van der Waals surface area (Å²) in [6, 6.07) is 31.6. The van der Waals surface area contributed by atoms with Gasteiger partial charge in [-0.15, -0.1) is 0 Å². The Labute approximate surface area is 409 Å². The lowest BCUT2D eigenvalue weighted by atomic mass is 9.65. The number of aliphatic hydroxyl groups excluding tert-OH is 1. The first-order valence-corrected chi connectivity index (χ1v) is 23.0. The smallest absolute Gasteiger partial charge is 0.421 e. The molecule has 4 aromatic carbocycles. The molecule has 6 atom stereocenters. The van der Waals surface area contributed by atoms with Crippen LogP contribution in [0.1, 0.15) is 58.1 Å². The van der Waals surface area contributed by atoms with Crippen LogP contribution in [-0.2, 0) is 59.5 Å². The van der Waals surface area contributed by atoms with Gasteiger partial charge in [0.15, 0.2) is 5.92 Å². The minimum absolute atomic E-state index is 0.000733. The second-order valence-electron chi connectivity index (χ2n) is 16.8. The number of ether oxygens (including phenoxy) is 6. The zero-order valence-corrected chi connectivity index (χ0v) is 39.2. The number of amides is 3. The van der Waals surface area contributed by atoms with Gasteiger partial charge in [-0.2, -0.15) is 0 Å². The number of benzene rings is 4. The van der Waals surface area contributed by atoms with Crippen molar-refractivity contribution in [3.05, 3.63) is 161 Å². The van der Waals surface area contributed by atoms with Gasteiger partial charge in [0.2, 0.25) is 11.8 Å². The highest BCUT2D eigenvalue weighted by Crippen LogP contribution is 2.66. The van der Waals surface area contributed by atoms with Gasteiger partial charge in [-0.25, -0.2) is 9.69 Å². The molecule has 4 heterocycles. The largest absolute Gasteiger partial charge is 0.491 e. The van der Waals surface area contributed by atoms with Crippen LogP contribution in [0.2, 0.25) is 0 Å². The van der Waals surface area contributed by atoms with Crippen molar-refractivity contribution in [3.63, 3.8) is 0 Å². The predicted molar refractivity (Wildman–Crippen MR) is 254 cm³/mol. The van der Waals surface area contributed by atoms with Gasteiger partial charge < -0.3 is 38.8 Å². The van der Waals surface area contributed by atoms with Crippen LogP contribution in [0.3, 0.4) is 0 Å². The van der Waals surface area contributed by atoms with E-state index in [9.17, 15) is 19.5 Å². The fourth-order valence-electron chi connectivity index (χ4n) is 9.98. The van der Waals surface area contributed by atoms with Crippen molar-refractivity contribution in [1.82, 2.24) is 15.2 Å². The van der Waals surface area contributed by atoms with Crippen LogP contribution in [0.15, 0.2) is 128 Å². The summed E-state index contributed by atoms with van der Waals surface area (Å²) in [5.41, 5.74) is 0.553. The molecule has 2 saturated heterocycles. The van der Waals surface area contributed by atoms with Gasteiger partial charge in [0.05, 0.1) is 51.1 Å². The number of pyridine rings is 1. The van der Waals surface area contributed by atoms with Crippen LogP contribution in [0, 0.1) is 23.7 Å². The lowest BCUT2D eigenvalue weighted by Crippen LogP contribution is -2.56. The number of hydrogen-bond donors (Lipinski definition) is 2. The molecular formula is C54H52N4O13. The maximum Gasteiger partial charge on any atom is 0.421 e. The summed E-state index contributed by atoms with van der Waals surface area (Å²) in [6.07, 6.45) is -0.462. The van der Waals surface area contributed by atoms with Gasteiger partial charge in [-0.05, 0) is 53.1 Å². The molecule has 17 nitrogen and oxygen atoms in total. The number of rotatable bonds is 16. The molecule has 3 aliphatic heterocycles. The molecule has 2 fully saturated rings. The summed E-state index contributed by atoms with van der Waals surface area (Å²) in [5.74, 6) is -1.04. The molecule has 1 aromatic heterocycles. The summed E-state index contributed by atoms with van der Waals surface area (Å²) in [7, 11) is 3.70. The lowest BCUT2D eigenvalue weighted by Gasteiger charge is -2.46. The molecule has 3 amide bonds. The van der Waals surface area contributed by atoms with Crippen molar-refractivity contribution in [2.45, 2.75) is 42.5 Å². The molecule has 17 heteroatoms. The van der Waals surface area contributed by atoms with E-state index < -0.39 is 77.3 Å². The van der Waals surface area contributed by atoms with Gasteiger partial charge in [0.25, 0.3) is 0 Å². The Kier molecular flexibility index (Phi) is 15.5. The van der Waals surface area contributed by atoms with Crippen LogP contribution in [0.5, 0.6) is 5.75 Å². The number of hydrogen-bond acceptors (Lipinski definition) is 15. The first kappa shape index (κ1) is 49.5. The lowest BCUT2D eigenvalue weighted by molar-refractivity contribution is -0.178. The number of anilines is 1. The highest BCUT2D eigenvalue weighted by molar-refractivity contribution is 6.23. The number of nitrogens with one attached hydrogen (secondary N) is 1. The summed E-state index contributed by atoms with van der Waals surface area (Å²) in [6.45, 7) is -0.726. The fourth-order valence-corrected chi connectivity index (χ4v) is 9.98. The molecule has 0 bridgehead atoms. The first-order valence-electron chi connectivity index (χ1n) is 23.0. The van der Waals surface area contributed by atoms with E-state index in [1.54, 1.807) is 48.7 Å².